The van der Waals surface area contributed by atoms with Gasteiger partial charge in [-0.1, -0.05) is 12.1 Å². The van der Waals surface area contributed by atoms with Gasteiger partial charge in [0.15, 0.2) is 6.29 Å². The number of anilines is 1. The van der Waals surface area contributed by atoms with Gasteiger partial charge in [0, 0.05) is 31.5 Å². The van der Waals surface area contributed by atoms with E-state index in [0.717, 1.165) is 35.8 Å². The lowest BCUT2D eigenvalue weighted by Gasteiger charge is -2.27. The Kier molecular flexibility index (Phi) is 7.75. The summed E-state index contributed by atoms with van der Waals surface area (Å²) in [6.45, 7) is 2.95. The Hall–Kier alpha value is -2.74. The van der Waals surface area contributed by atoms with Crippen molar-refractivity contribution in [2.45, 2.75) is 6.29 Å². The summed E-state index contributed by atoms with van der Waals surface area (Å²) in [6, 6.07) is 16.0. The number of rotatable bonds is 10. The zero-order valence-corrected chi connectivity index (χ0v) is 17.0. The number of methoxy groups -OCH3 is 1. The van der Waals surface area contributed by atoms with E-state index < -0.39 is 0 Å². The molecule has 1 unspecified atom stereocenters. The van der Waals surface area contributed by atoms with Gasteiger partial charge in [-0.3, -0.25) is 5.32 Å². The van der Waals surface area contributed by atoms with Crippen molar-refractivity contribution in [3.63, 3.8) is 0 Å². The van der Waals surface area contributed by atoms with Gasteiger partial charge in [-0.15, -0.1) is 0 Å². The van der Waals surface area contributed by atoms with Crippen molar-refractivity contribution in [3.05, 3.63) is 60.3 Å². The molecule has 4 N–H and O–H groups in total. The lowest BCUT2D eigenvalue weighted by Crippen LogP contribution is -2.49. The topological polar surface area (TPSA) is 78.0 Å². The minimum atomic E-state index is -0.0455. The van der Waals surface area contributed by atoms with Crippen molar-refractivity contribution in [1.82, 2.24) is 15.5 Å². The fourth-order valence-corrected chi connectivity index (χ4v) is 3.00. The number of benzene rings is 2. The second-order valence-corrected chi connectivity index (χ2v) is 6.92. The molecule has 0 saturated carbocycles. The Morgan fingerprint density at radius 2 is 1.79 bits per heavy atom. The van der Waals surface area contributed by atoms with E-state index in [1.807, 2.05) is 54.5 Å². The molecule has 0 aliphatic carbocycles. The third-order valence-corrected chi connectivity index (χ3v) is 4.77. The summed E-state index contributed by atoms with van der Waals surface area (Å²) in [5.74, 6) is 1.69. The standard InChI is InChI=1S/C22H30N4O3/c1-26(11-13-27)12-14-29-21-9-5-19(6-10-21)25-22-23-15-18(16-24-22)17-3-7-20(28-2)8-4-17/h3-10,15,22-25,27H,11-14,16H2,1-2H3. The van der Waals surface area contributed by atoms with Crippen LogP contribution in [0.3, 0.4) is 0 Å². The van der Waals surface area contributed by atoms with E-state index in [0.29, 0.717) is 13.2 Å². The predicted octanol–water partition coefficient (Wildman–Crippen LogP) is 1.93. The summed E-state index contributed by atoms with van der Waals surface area (Å²) < 4.78 is 11.0. The van der Waals surface area contributed by atoms with Crippen LogP contribution >= 0.6 is 0 Å². The maximum atomic E-state index is 8.90. The van der Waals surface area contributed by atoms with Crippen LogP contribution in [-0.2, 0) is 0 Å². The first kappa shape index (κ1) is 21.0. The van der Waals surface area contributed by atoms with Gasteiger partial charge in [0.1, 0.15) is 18.1 Å². The SMILES string of the molecule is COc1ccc(C2=CNC(Nc3ccc(OCCN(C)CCO)cc3)NC2)cc1. The van der Waals surface area contributed by atoms with Crippen molar-refractivity contribution in [1.29, 1.82) is 0 Å². The van der Waals surface area contributed by atoms with Crippen molar-refractivity contribution < 1.29 is 14.6 Å². The molecule has 2 aromatic rings. The molecule has 1 aliphatic heterocycles. The van der Waals surface area contributed by atoms with Gasteiger partial charge in [-0.25, -0.2) is 0 Å². The van der Waals surface area contributed by atoms with Gasteiger partial charge in [0.2, 0.25) is 0 Å². The van der Waals surface area contributed by atoms with Crippen molar-refractivity contribution in [2.75, 3.05) is 52.3 Å². The third-order valence-electron chi connectivity index (χ3n) is 4.77. The molecule has 0 radical (unpaired) electrons. The van der Waals surface area contributed by atoms with Crippen LogP contribution in [0.1, 0.15) is 5.56 Å². The summed E-state index contributed by atoms with van der Waals surface area (Å²) in [5.41, 5.74) is 3.36. The van der Waals surface area contributed by atoms with Gasteiger partial charge in [0.25, 0.3) is 0 Å². The van der Waals surface area contributed by atoms with Gasteiger partial charge in [-0.05, 0) is 54.6 Å². The van der Waals surface area contributed by atoms with Crippen LogP contribution in [0, 0.1) is 0 Å². The number of ether oxygens (including phenoxy) is 2. The fourth-order valence-electron chi connectivity index (χ4n) is 3.00. The van der Waals surface area contributed by atoms with Gasteiger partial charge in [0.05, 0.1) is 13.7 Å². The van der Waals surface area contributed by atoms with E-state index >= 15 is 0 Å². The Morgan fingerprint density at radius 1 is 1.07 bits per heavy atom. The fraction of sp³-hybridized carbons (Fsp3) is 0.364. The average Bonchev–Trinajstić information content (AvgIpc) is 2.76. The molecule has 0 bridgehead atoms. The minimum Gasteiger partial charge on any atom is -0.497 e. The molecular formula is C22H30N4O3. The van der Waals surface area contributed by atoms with E-state index in [2.05, 4.69) is 28.1 Å². The number of likely N-dealkylation sites (N-methyl/N-ethyl adjacent to an activating group) is 1. The second-order valence-electron chi connectivity index (χ2n) is 6.92. The smallest absolute Gasteiger partial charge is 0.152 e. The highest BCUT2D eigenvalue weighted by atomic mass is 16.5. The lowest BCUT2D eigenvalue weighted by molar-refractivity contribution is 0.192. The first-order chi connectivity index (χ1) is 14.2. The molecule has 1 atom stereocenters. The van der Waals surface area contributed by atoms with Crippen molar-refractivity contribution >= 4 is 11.3 Å². The molecular weight excluding hydrogens is 368 g/mol. The molecule has 156 valence electrons. The quantitative estimate of drug-likeness (QED) is 0.487. The Morgan fingerprint density at radius 3 is 2.41 bits per heavy atom. The number of hydrogen-bond donors (Lipinski definition) is 4. The average molecular weight is 399 g/mol. The summed E-state index contributed by atoms with van der Waals surface area (Å²) >= 11 is 0. The molecule has 0 spiro atoms. The summed E-state index contributed by atoms with van der Waals surface area (Å²) in [4.78, 5) is 2.03. The normalized spacial score (nSPS) is 16.1. The van der Waals surface area contributed by atoms with Crippen LogP contribution in [0.25, 0.3) is 5.57 Å². The maximum Gasteiger partial charge on any atom is 0.152 e. The monoisotopic (exact) mass is 398 g/mol. The Bertz CT molecular complexity index is 778. The Balaban J connectivity index is 1.45. The van der Waals surface area contributed by atoms with Crippen LogP contribution < -0.4 is 25.4 Å². The van der Waals surface area contributed by atoms with Crippen molar-refractivity contribution in [3.8, 4) is 11.5 Å². The van der Waals surface area contributed by atoms with E-state index in [1.54, 1.807) is 7.11 Å². The molecule has 2 aromatic carbocycles. The van der Waals surface area contributed by atoms with Crippen LogP contribution in [0.2, 0.25) is 0 Å². The molecule has 29 heavy (non-hydrogen) atoms. The molecule has 0 amide bonds. The number of hydrogen-bond acceptors (Lipinski definition) is 7. The largest absolute Gasteiger partial charge is 0.497 e. The van der Waals surface area contributed by atoms with E-state index in [-0.39, 0.29) is 12.9 Å². The molecule has 0 aromatic heterocycles. The van der Waals surface area contributed by atoms with Crippen molar-refractivity contribution in [2.24, 2.45) is 0 Å². The molecule has 3 rings (SSSR count). The van der Waals surface area contributed by atoms with Crippen LogP contribution in [0.4, 0.5) is 5.69 Å². The van der Waals surface area contributed by atoms with Gasteiger partial charge in [-0.2, -0.15) is 0 Å². The summed E-state index contributed by atoms with van der Waals surface area (Å²) in [7, 11) is 3.63. The number of aliphatic hydroxyl groups excluding tert-OH is 1. The molecule has 7 nitrogen and oxygen atoms in total. The van der Waals surface area contributed by atoms with Crippen LogP contribution in [0.15, 0.2) is 54.7 Å². The number of aliphatic hydroxyl groups is 1. The first-order valence-corrected chi connectivity index (χ1v) is 9.79. The van der Waals surface area contributed by atoms with E-state index in [4.69, 9.17) is 14.6 Å². The molecule has 0 fully saturated rings. The van der Waals surface area contributed by atoms with Crippen LogP contribution in [-0.4, -0.2) is 63.3 Å². The van der Waals surface area contributed by atoms with Crippen LogP contribution in [0.5, 0.6) is 11.5 Å². The molecule has 7 heteroatoms. The predicted molar refractivity (Wildman–Crippen MR) is 116 cm³/mol. The summed E-state index contributed by atoms with van der Waals surface area (Å²) in [5, 5.41) is 19.1. The highest BCUT2D eigenvalue weighted by Gasteiger charge is 2.13. The molecule has 0 saturated heterocycles. The van der Waals surface area contributed by atoms with E-state index in [1.165, 1.54) is 5.57 Å². The number of nitrogens with one attached hydrogen (secondary N) is 3. The Labute approximate surface area is 172 Å². The first-order valence-electron chi connectivity index (χ1n) is 9.79. The van der Waals surface area contributed by atoms with E-state index in [9.17, 15) is 0 Å². The van der Waals surface area contributed by atoms with Gasteiger partial charge < -0.3 is 30.1 Å². The summed E-state index contributed by atoms with van der Waals surface area (Å²) in [6.07, 6.45) is 1.99. The highest BCUT2D eigenvalue weighted by Crippen LogP contribution is 2.20. The zero-order chi connectivity index (χ0) is 20.5. The molecule has 1 heterocycles. The highest BCUT2D eigenvalue weighted by molar-refractivity contribution is 5.68. The molecule has 1 aliphatic rings. The third kappa shape index (κ3) is 6.39. The maximum absolute atomic E-state index is 8.90. The zero-order valence-electron chi connectivity index (χ0n) is 17.0. The van der Waals surface area contributed by atoms with Gasteiger partial charge >= 0.3 is 0 Å². The minimum absolute atomic E-state index is 0.0455. The second kappa shape index (κ2) is 10.7. The number of nitrogens with zero attached hydrogens (tertiary/aromatic N) is 1. The lowest BCUT2D eigenvalue weighted by atomic mass is 10.1.